The van der Waals surface area contributed by atoms with Gasteiger partial charge >= 0.3 is 0 Å². The Kier molecular flexibility index (Phi) is 5.57. The van der Waals surface area contributed by atoms with Gasteiger partial charge in [-0.1, -0.05) is 27.7 Å². The van der Waals surface area contributed by atoms with Gasteiger partial charge in [0.1, 0.15) is 0 Å². The van der Waals surface area contributed by atoms with Crippen molar-refractivity contribution in [3.63, 3.8) is 0 Å². The van der Waals surface area contributed by atoms with E-state index in [0.717, 1.165) is 19.6 Å². The first-order chi connectivity index (χ1) is 5.06. The van der Waals surface area contributed by atoms with Crippen LogP contribution in [0.2, 0.25) is 0 Å². The van der Waals surface area contributed by atoms with E-state index in [1.54, 1.807) is 0 Å². The molecule has 0 rings (SSSR count). The Morgan fingerprint density at radius 2 is 1.73 bits per heavy atom. The van der Waals surface area contributed by atoms with E-state index in [1.807, 2.05) is 0 Å². The Hall–Kier alpha value is -0.0400. The van der Waals surface area contributed by atoms with Gasteiger partial charge < -0.3 is 4.74 Å². The largest absolute Gasteiger partial charge is 0.381 e. The highest BCUT2D eigenvalue weighted by Crippen LogP contribution is 2.20. The van der Waals surface area contributed by atoms with Gasteiger partial charge in [0.15, 0.2) is 0 Å². The van der Waals surface area contributed by atoms with Crippen LogP contribution >= 0.6 is 0 Å². The first-order valence-electron chi connectivity index (χ1n) is 4.64. The molecule has 0 unspecified atom stereocenters. The maximum atomic E-state index is 5.38. The lowest BCUT2D eigenvalue weighted by Gasteiger charge is -2.17. The molecule has 1 nitrogen and oxygen atoms in total. The third-order valence-corrected chi connectivity index (χ3v) is 1.56. The van der Waals surface area contributed by atoms with Gasteiger partial charge in [0.25, 0.3) is 0 Å². The van der Waals surface area contributed by atoms with Crippen LogP contribution in [0, 0.1) is 5.41 Å². The summed E-state index contributed by atoms with van der Waals surface area (Å²) in [5, 5.41) is 0. The highest BCUT2D eigenvalue weighted by Gasteiger charge is 2.08. The maximum Gasteiger partial charge on any atom is 0.0466 e. The van der Waals surface area contributed by atoms with Crippen molar-refractivity contribution >= 4 is 0 Å². The maximum absolute atomic E-state index is 5.38. The molecule has 0 saturated heterocycles. The van der Waals surface area contributed by atoms with E-state index >= 15 is 0 Å². The fourth-order valence-corrected chi connectivity index (χ4v) is 0.951. The highest BCUT2D eigenvalue weighted by atomic mass is 16.5. The zero-order valence-corrected chi connectivity index (χ0v) is 8.44. The first-order valence-corrected chi connectivity index (χ1v) is 4.64. The standard InChI is InChI=1S/C10H22O/c1-5-8-11-9-6-7-10(2,3)4/h5-9H2,1-4H3. The molecule has 0 heterocycles. The summed E-state index contributed by atoms with van der Waals surface area (Å²) < 4.78 is 5.38. The van der Waals surface area contributed by atoms with Crippen molar-refractivity contribution in [1.29, 1.82) is 0 Å². The normalized spacial score (nSPS) is 12.0. The van der Waals surface area contributed by atoms with E-state index in [2.05, 4.69) is 27.7 Å². The second kappa shape index (κ2) is 5.59. The van der Waals surface area contributed by atoms with Crippen molar-refractivity contribution in [1.82, 2.24) is 0 Å². The Labute approximate surface area is 71.1 Å². The monoisotopic (exact) mass is 158 g/mol. The van der Waals surface area contributed by atoms with Gasteiger partial charge in [-0.05, 0) is 24.7 Å². The molecule has 0 aliphatic rings. The molecule has 0 aliphatic heterocycles. The van der Waals surface area contributed by atoms with E-state index in [-0.39, 0.29) is 0 Å². The smallest absolute Gasteiger partial charge is 0.0466 e. The molecular formula is C10H22O. The fourth-order valence-electron chi connectivity index (χ4n) is 0.951. The van der Waals surface area contributed by atoms with E-state index in [4.69, 9.17) is 4.74 Å². The molecule has 0 N–H and O–H groups in total. The molecule has 0 aromatic carbocycles. The third kappa shape index (κ3) is 9.96. The number of hydrogen-bond donors (Lipinski definition) is 0. The van der Waals surface area contributed by atoms with Gasteiger partial charge in [-0.3, -0.25) is 0 Å². The molecule has 0 saturated carbocycles. The van der Waals surface area contributed by atoms with Gasteiger partial charge in [-0.25, -0.2) is 0 Å². The molecule has 1 heteroatoms. The average molecular weight is 158 g/mol. The van der Waals surface area contributed by atoms with Crippen molar-refractivity contribution < 1.29 is 4.74 Å². The molecule has 68 valence electrons. The molecule has 0 atom stereocenters. The summed E-state index contributed by atoms with van der Waals surface area (Å²) in [5.41, 5.74) is 0.468. The second-order valence-electron chi connectivity index (χ2n) is 4.28. The molecule has 0 spiro atoms. The van der Waals surface area contributed by atoms with Crippen LogP contribution in [0.1, 0.15) is 47.0 Å². The first kappa shape index (κ1) is 11.0. The van der Waals surface area contributed by atoms with Crippen LogP contribution in [0.15, 0.2) is 0 Å². The van der Waals surface area contributed by atoms with E-state index in [1.165, 1.54) is 12.8 Å². The third-order valence-electron chi connectivity index (χ3n) is 1.56. The summed E-state index contributed by atoms with van der Waals surface area (Å²) >= 11 is 0. The topological polar surface area (TPSA) is 9.23 Å². The van der Waals surface area contributed by atoms with Gasteiger partial charge in [0.2, 0.25) is 0 Å². The van der Waals surface area contributed by atoms with Crippen LogP contribution in [0.25, 0.3) is 0 Å². The van der Waals surface area contributed by atoms with Crippen LogP contribution in [0.5, 0.6) is 0 Å². The quantitative estimate of drug-likeness (QED) is 0.558. The van der Waals surface area contributed by atoms with Gasteiger partial charge in [-0.2, -0.15) is 0 Å². The predicted octanol–water partition coefficient (Wildman–Crippen LogP) is 3.24. The van der Waals surface area contributed by atoms with Crippen LogP contribution in [0.4, 0.5) is 0 Å². The lowest BCUT2D eigenvalue weighted by molar-refractivity contribution is 0.123. The van der Waals surface area contributed by atoms with Gasteiger partial charge in [0.05, 0.1) is 0 Å². The molecule has 0 fully saturated rings. The molecular weight excluding hydrogens is 136 g/mol. The summed E-state index contributed by atoms with van der Waals surface area (Å²) in [5.74, 6) is 0. The summed E-state index contributed by atoms with van der Waals surface area (Å²) in [6.07, 6.45) is 3.59. The summed E-state index contributed by atoms with van der Waals surface area (Å²) in [4.78, 5) is 0. The average Bonchev–Trinajstić information content (AvgIpc) is 1.85. The zero-order chi connectivity index (χ0) is 8.74. The van der Waals surface area contributed by atoms with Crippen LogP contribution in [0.3, 0.4) is 0 Å². The van der Waals surface area contributed by atoms with Crippen molar-refractivity contribution in [3.05, 3.63) is 0 Å². The highest BCUT2D eigenvalue weighted by molar-refractivity contribution is 4.60. The second-order valence-corrected chi connectivity index (χ2v) is 4.28. The predicted molar refractivity (Wildman–Crippen MR) is 49.8 cm³/mol. The zero-order valence-electron chi connectivity index (χ0n) is 8.44. The molecule has 0 aliphatic carbocycles. The van der Waals surface area contributed by atoms with Crippen molar-refractivity contribution in [2.45, 2.75) is 47.0 Å². The van der Waals surface area contributed by atoms with Gasteiger partial charge in [0, 0.05) is 13.2 Å². The van der Waals surface area contributed by atoms with Gasteiger partial charge in [-0.15, -0.1) is 0 Å². The lowest BCUT2D eigenvalue weighted by Crippen LogP contribution is -2.06. The Morgan fingerprint density at radius 3 is 2.18 bits per heavy atom. The minimum atomic E-state index is 0.468. The van der Waals surface area contributed by atoms with Crippen molar-refractivity contribution in [3.8, 4) is 0 Å². The Bertz CT molecular complexity index is 81.4. The number of hydrogen-bond acceptors (Lipinski definition) is 1. The number of rotatable bonds is 5. The molecule has 0 radical (unpaired) electrons. The Balaban J connectivity index is 3.02. The fraction of sp³-hybridized carbons (Fsp3) is 1.00. The number of ether oxygens (including phenoxy) is 1. The molecule has 0 bridgehead atoms. The van der Waals surface area contributed by atoms with Crippen LogP contribution in [-0.2, 0) is 4.74 Å². The summed E-state index contributed by atoms with van der Waals surface area (Å²) in [6, 6.07) is 0. The summed E-state index contributed by atoms with van der Waals surface area (Å²) in [7, 11) is 0. The Morgan fingerprint density at radius 1 is 1.09 bits per heavy atom. The molecule has 0 amide bonds. The van der Waals surface area contributed by atoms with Crippen LogP contribution < -0.4 is 0 Å². The lowest BCUT2D eigenvalue weighted by atomic mass is 9.91. The molecule has 0 aromatic heterocycles. The SMILES string of the molecule is CCCOCCCC(C)(C)C. The van der Waals surface area contributed by atoms with Crippen molar-refractivity contribution in [2.24, 2.45) is 5.41 Å². The minimum absolute atomic E-state index is 0.468. The van der Waals surface area contributed by atoms with E-state index < -0.39 is 0 Å². The minimum Gasteiger partial charge on any atom is -0.381 e. The molecule has 11 heavy (non-hydrogen) atoms. The van der Waals surface area contributed by atoms with E-state index in [0.29, 0.717) is 5.41 Å². The molecule has 0 aromatic rings. The van der Waals surface area contributed by atoms with Crippen molar-refractivity contribution in [2.75, 3.05) is 13.2 Å². The summed E-state index contributed by atoms with van der Waals surface area (Å²) in [6.45, 7) is 10.8. The van der Waals surface area contributed by atoms with Crippen LogP contribution in [-0.4, -0.2) is 13.2 Å². The van der Waals surface area contributed by atoms with E-state index in [9.17, 15) is 0 Å².